The zero-order valence-electron chi connectivity index (χ0n) is 11.2. The van der Waals surface area contributed by atoms with Crippen molar-refractivity contribution < 1.29 is 17.9 Å². The highest BCUT2D eigenvalue weighted by atomic mass is 19.4. The van der Waals surface area contributed by atoms with Gasteiger partial charge >= 0.3 is 6.36 Å². The fraction of sp³-hybridized carbons (Fsp3) is 0.357. The van der Waals surface area contributed by atoms with Crippen molar-refractivity contribution in [2.75, 3.05) is 5.73 Å². The second kappa shape index (κ2) is 4.98. The third-order valence-corrected chi connectivity index (χ3v) is 3.49. The molecule has 4 nitrogen and oxygen atoms in total. The summed E-state index contributed by atoms with van der Waals surface area (Å²) in [5.41, 5.74) is 6.66. The van der Waals surface area contributed by atoms with E-state index < -0.39 is 6.36 Å². The van der Waals surface area contributed by atoms with E-state index in [0.717, 1.165) is 31.6 Å². The molecule has 2 aromatic rings. The van der Waals surface area contributed by atoms with Crippen LogP contribution in [0, 0.1) is 0 Å². The topological polar surface area (TPSA) is 53.1 Å². The van der Waals surface area contributed by atoms with Gasteiger partial charge in [-0.15, -0.1) is 13.2 Å². The molecule has 1 aromatic carbocycles. The average Bonchev–Trinajstić information content (AvgIpc) is 2.76. The summed E-state index contributed by atoms with van der Waals surface area (Å²) in [6, 6.07) is 5.92. The van der Waals surface area contributed by atoms with Gasteiger partial charge in [0.2, 0.25) is 0 Å². The van der Waals surface area contributed by atoms with Gasteiger partial charge in [-0.3, -0.25) is 0 Å². The van der Waals surface area contributed by atoms with Crippen LogP contribution in [0.2, 0.25) is 0 Å². The fourth-order valence-corrected chi connectivity index (χ4v) is 2.58. The highest BCUT2D eigenvalue weighted by Crippen LogP contribution is 2.37. The average molecular weight is 297 g/mol. The van der Waals surface area contributed by atoms with Crippen LogP contribution in [0.5, 0.6) is 5.75 Å². The van der Waals surface area contributed by atoms with Gasteiger partial charge in [0.05, 0.1) is 0 Å². The van der Waals surface area contributed by atoms with E-state index >= 15 is 0 Å². The fourth-order valence-electron chi connectivity index (χ4n) is 2.58. The van der Waals surface area contributed by atoms with Crippen LogP contribution in [0.25, 0.3) is 11.3 Å². The minimum absolute atomic E-state index is 0.259. The number of nitrogens with two attached hydrogens (primary N) is 1. The van der Waals surface area contributed by atoms with Crippen LogP contribution in [-0.2, 0) is 13.0 Å². The van der Waals surface area contributed by atoms with E-state index in [1.54, 1.807) is 6.07 Å². The van der Waals surface area contributed by atoms with E-state index in [1.807, 2.05) is 4.57 Å². The minimum Gasteiger partial charge on any atom is -0.405 e. The molecule has 112 valence electrons. The Hall–Kier alpha value is -2.18. The maximum absolute atomic E-state index is 12.5. The molecule has 0 bridgehead atoms. The van der Waals surface area contributed by atoms with E-state index in [4.69, 9.17) is 5.73 Å². The summed E-state index contributed by atoms with van der Waals surface area (Å²) in [5, 5.41) is 0. The number of anilines is 1. The molecule has 2 heterocycles. The summed E-state index contributed by atoms with van der Waals surface area (Å²) in [4.78, 5) is 4.40. The van der Waals surface area contributed by atoms with Crippen molar-refractivity contribution in [3.8, 4) is 17.0 Å². The van der Waals surface area contributed by atoms with Crippen molar-refractivity contribution in [3.63, 3.8) is 0 Å². The molecule has 0 fully saturated rings. The molecule has 0 spiro atoms. The van der Waals surface area contributed by atoms with Gasteiger partial charge in [-0.2, -0.15) is 0 Å². The number of fused-ring (bicyclic) bond motifs is 1. The number of alkyl halides is 3. The summed E-state index contributed by atoms with van der Waals surface area (Å²) >= 11 is 0. The lowest BCUT2D eigenvalue weighted by Gasteiger charge is -2.14. The maximum Gasteiger partial charge on any atom is 0.573 e. The predicted molar refractivity (Wildman–Crippen MR) is 71.7 cm³/mol. The van der Waals surface area contributed by atoms with Crippen molar-refractivity contribution in [3.05, 3.63) is 30.1 Å². The molecule has 3 rings (SSSR count). The molecule has 0 amide bonds. The predicted octanol–water partition coefficient (Wildman–Crippen LogP) is 3.37. The summed E-state index contributed by atoms with van der Waals surface area (Å²) < 4.78 is 43.4. The van der Waals surface area contributed by atoms with Crippen LogP contribution in [-0.4, -0.2) is 15.9 Å². The highest BCUT2D eigenvalue weighted by molar-refractivity contribution is 5.76. The first kappa shape index (κ1) is 13.8. The van der Waals surface area contributed by atoms with Crippen LogP contribution in [0.15, 0.2) is 24.3 Å². The van der Waals surface area contributed by atoms with Crippen molar-refractivity contribution in [1.29, 1.82) is 0 Å². The Morgan fingerprint density at radius 2 is 1.95 bits per heavy atom. The number of nitrogen functional groups attached to an aromatic ring is 1. The van der Waals surface area contributed by atoms with Crippen molar-refractivity contribution in [2.45, 2.75) is 32.2 Å². The smallest absolute Gasteiger partial charge is 0.405 e. The monoisotopic (exact) mass is 297 g/mol. The Kier molecular flexibility index (Phi) is 3.27. The van der Waals surface area contributed by atoms with Gasteiger partial charge in [-0.05, 0) is 25.0 Å². The molecule has 0 saturated carbocycles. The van der Waals surface area contributed by atoms with Gasteiger partial charge in [-0.25, -0.2) is 4.98 Å². The molecular formula is C14H14F3N3O. The summed E-state index contributed by atoms with van der Waals surface area (Å²) in [5.74, 6) is 0.922. The van der Waals surface area contributed by atoms with Gasteiger partial charge < -0.3 is 15.0 Å². The Labute approximate surface area is 119 Å². The Bertz CT molecular complexity index is 664. The quantitative estimate of drug-likeness (QED) is 0.924. The highest BCUT2D eigenvalue weighted by Gasteiger charge is 2.33. The molecule has 0 radical (unpaired) electrons. The van der Waals surface area contributed by atoms with Crippen LogP contribution in [0.4, 0.5) is 19.0 Å². The number of nitrogens with zero attached hydrogens (tertiary/aromatic N) is 2. The summed E-state index contributed by atoms with van der Waals surface area (Å²) in [6.45, 7) is 0.746. The second-order valence-electron chi connectivity index (χ2n) is 4.91. The lowest BCUT2D eigenvalue weighted by molar-refractivity contribution is -0.274. The van der Waals surface area contributed by atoms with E-state index in [2.05, 4.69) is 9.72 Å². The number of para-hydroxylation sites is 1. The number of aryl methyl sites for hydroxylation is 1. The Morgan fingerprint density at radius 1 is 1.19 bits per heavy atom. The number of benzene rings is 1. The summed E-state index contributed by atoms with van der Waals surface area (Å²) in [7, 11) is 0. The number of hydrogen-bond acceptors (Lipinski definition) is 3. The summed E-state index contributed by atoms with van der Waals surface area (Å²) in [6.07, 6.45) is -1.96. The molecule has 1 aromatic heterocycles. The SMILES string of the molecule is Nc1c(-c2ccccc2OC(F)(F)F)nc2n1CCCC2. The van der Waals surface area contributed by atoms with Crippen LogP contribution in [0.1, 0.15) is 18.7 Å². The largest absolute Gasteiger partial charge is 0.573 e. The third-order valence-electron chi connectivity index (χ3n) is 3.49. The van der Waals surface area contributed by atoms with Crippen molar-refractivity contribution >= 4 is 5.82 Å². The molecule has 1 aliphatic rings. The molecule has 0 atom stereocenters. The number of rotatable bonds is 2. The van der Waals surface area contributed by atoms with E-state index in [0.29, 0.717) is 11.5 Å². The maximum atomic E-state index is 12.5. The van der Waals surface area contributed by atoms with Crippen molar-refractivity contribution in [2.24, 2.45) is 0 Å². The first-order chi connectivity index (χ1) is 9.96. The van der Waals surface area contributed by atoms with Gasteiger partial charge in [0.25, 0.3) is 0 Å². The molecule has 0 unspecified atom stereocenters. The van der Waals surface area contributed by atoms with Gasteiger partial charge in [-0.1, -0.05) is 12.1 Å². The first-order valence-corrected chi connectivity index (χ1v) is 6.66. The van der Waals surface area contributed by atoms with Crippen LogP contribution < -0.4 is 10.5 Å². The van der Waals surface area contributed by atoms with Gasteiger partial charge in [0.1, 0.15) is 23.1 Å². The molecule has 0 saturated heterocycles. The Balaban J connectivity index is 2.07. The Morgan fingerprint density at radius 3 is 2.67 bits per heavy atom. The van der Waals surface area contributed by atoms with Crippen LogP contribution in [0.3, 0.4) is 0 Å². The molecule has 1 aliphatic heterocycles. The number of halogens is 3. The molecular weight excluding hydrogens is 283 g/mol. The van der Waals surface area contributed by atoms with Crippen molar-refractivity contribution in [1.82, 2.24) is 9.55 Å². The number of hydrogen-bond donors (Lipinski definition) is 1. The molecule has 2 N–H and O–H groups in total. The van der Waals surface area contributed by atoms with Crippen LogP contribution >= 0.6 is 0 Å². The molecule has 7 heteroatoms. The second-order valence-corrected chi connectivity index (χ2v) is 4.91. The third kappa shape index (κ3) is 2.68. The minimum atomic E-state index is -4.75. The number of imidazole rings is 1. The van der Waals surface area contributed by atoms with E-state index in [1.165, 1.54) is 18.2 Å². The zero-order valence-corrected chi connectivity index (χ0v) is 11.2. The number of aromatic nitrogens is 2. The normalized spacial score (nSPS) is 14.8. The number of ether oxygens (including phenoxy) is 1. The van der Waals surface area contributed by atoms with Gasteiger partial charge in [0, 0.05) is 18.5 Å². The lowest BCUT2D eigenvalue weighted by atomic mass is 10.1. The molecule has 21 heavy (non-hydrogen) atoms. The lowest BCUT2D eigenvalue weighted by Crippen LogP contribution is -2.17. The first-order valence-electron chi connectivity index (χ1n) is 6.66. The van der Waals surface area contributed by atoms with E-state index in [9.17, 15) is 13.2 Å². The zero-order chi connectivity index (χ0) is 15.0. The molecule has 0 aliphatic carbocycles. The van der Waals surface area contributed by atoms with E-state index in [-0.39, 0.29) is 11.3 Å². The van der Waals surface area contributed by atoms with Gasteiger partial charge in [0.15, 0.2) is 0 Å². The standard InChI is InChI=1S/C14H14F3N3O/c15-14(16,17)21-10-6-2-1-5-9(10)12-13(18)20-8-4-3-7-11(20)19-12/h1-2,5-6H,3-4,7-8,18H2.